The summed E-state index contributed by atoms with van der Waals surface area (Å²) in [6.45, 7) is 5.92. The van der Waals surface area contributed by atoms with Gasteiger partial charge in [-0.3, -0.25) is 4.99 Å². The summed E-state index contributed by atoms with van der Waals surface area (Å²) in [7, 11) is 1.68. The van der Waals surface area contributed by atoms with E-state index < -0.39 is 0 Å². The van der Waals surface area contributed by atoms with Crippen molar-refractivity contribution in [3.8, 4) is 5.75 Å². The van der Waals surface area contributed by atoms with Crippen molar-refractivity contribution in [1.29, 1.82) is 0 Å². The SMILES string of the molecule is CCCN=C(N)NCCC(C)c1ccc(OC)cc1. The van der Waals surface area contributed by atoms with E-state index in [1.54, 1.807) is 7.11 Å². The summed E-state index contributed by atoms with van der Waals surface area (Å²) in [6, 6.07) is 8.21. The molecule has 4 heteroatoms. The second-order valence-corrected chi connectivity index (χ2v) is 4.66. The second kappa shape index (κ2) is 8.40. The summed E-state index contributed by atoms with van der Waals surface area (Å²) in [5.74, 6) is 1.92. The zero-order valence-electron chi connectivity index (χ0n) is 12.1. The maximum atomic E-state index is 5.74. The van der Waals surface area contributed by atoms with E-state index in [9.17, 15) is 0 Å². The van der Waals surface area contributed by atoms with E-state index in [4.69, 9.17) is 10.5 Å². The van der Waals surface area contributed by atoms with E-state index in [0.717, 1.165) is 31.7 Å². The smallest absolute Gasteiger partial charge is 0.188 e. The van der Waals surface area contributed by atoms with Crippen molar-refractivity contribution in [2.45, 2.75) is 32.6 Å². The van der Waals surface area contributed by atoms with Crippen LogP contribution in [0.2, 0.25) is 0 Å². The van der Waals surface area contributed by atoms with Gasteiger partial charge < -0.3 is 15.8 Å². The van der Waals surface area contributed by atoms with Crippen molar-refractivity contribution < 1.29 is 4.74 Å². The topological polar surface area (TPSA) is 59.6 Å². The van der Waals surface area contributed by atoms with E-state index in [1.165, 1.54) is 5.56 Å². The zero-order chi connectivity index (χ0) is 14.1. The molecular weight excluding hydrogens is 238 g/mol. The van der Waals surface area contributed by atoms with E-state index in [-0.39, 0.29) is 0 Å². The number of ether oxygens (including phenoxy) is 1. The van der Waals surface area contributed by atoms with Crippen LogP contribution in [0.4, 0.5) is 0 Å². The van der Waals surface area contributed by atoms with Gasteiger partial charge in [-0.1, -0.05) is 26.0 Å². The van der Waals surface area contributed by atoms with Crippen LogP contribution < -0.4 is 15.8 Å². The van der Waals surface area contributed by atoms with Gasteiger partial charge in [0.15, 0.2) is 5.96 Å². The minimum absolute atomic E-state index is 0.484. The first-order valence-corrected chi connectivity index (χ1v) is 6.85. The maximum absolute atomic E-state index is 5.74. The number of hydrogen-bond acceptors (Lipinski definition) is 2. The molecule has 0 saturated heterocycles. The minimum Gasteiger partial charge on any atom is -0.497 e. The summed E-state index contributed by atoms with van der Waals surface area (Å²) in [5, 5.41) is 3.14. The van der Waals surface area contributed by atoms with Crippen molar-refractivity contribution in [2.75, 3.05) is 20.2 Å². The molecule has 0 spiro atoms. The van der Waals surface area contributed by atoms with Gasteiger partial charge >= 0.3 is 0 Å². The molecule has 1 aromatic rings. The third-order valence-electron chi connectivity index (χ3n) is 3.07. The lowest BCUT2D eigenvalue weighted by Crippen LogP contribution is -2.33. The summed E-state index contributed by atoms with van der Waals surface area (Å²) in [4.78, 5) is 4.20. The van der Waals surface area contributed by atoms with Gasteiger partial charge in [-0.15, -0.1) is 0 Å². The Balaban J connectivity index is 2.36. The molecule has 1 atom stereocenters. The Morgan fingerprint density at radius 2 is 2.05 bits per heavy atom. The molecular formula is C15H25N3O. The summed E-state index contributed by atoms with van der Waals surface area (Å²) in [6.07, 6.45) is 2.04. The molecule has 19 heavy (non-hydrogen) atoms. The number of aliphatic imine (C=N–C) groups is 1. The van der Waals surface area contributed by atoms with Crippen LogP contribution in [-0.4, -0.2) is 26.2 Å². The number of hydrogen-bond donors (Lipinski definition) is 2. The highest BCUT2D eigenvalue weighted by molar-refractivity contribution is 5.77. The Hall–Kier alpha value is -1.71. The minimum atomic E-state index is 0.484. The number of guanidine groups is 1. The van der Waals surface area contributed by atoms with Crippen molar-refractivity contribution in [3.05, 3.63) is 29.8 Å². The van der Waals surface area contributed by atoms with E-state index in [0.29, 0.717) is 11.9 Å². The molecule has 106 valence electrons. The maximum Gasteiger partial charge on any atom is 0.188 e. The summed E-state index contributed by atoms with van der Waals surface area (Å²) < 4.78 is 5.15. The largest absolute Gasteiger partial charge is 0.497 e. The molecule has 0 aliphatic carbocycles. The fourth-order valence-corrected chi connectivity index (χ4v) is 1.80. The lowest BCUT2D eigenvalue weighted by atomic mass is 9.98. The Bertz CT molecular complexity index is 387. The first kappa shape index (κ1) is 15.3. The van der Waals surface area contributed by atoms with Crippen LogP contribution in [0.1, 0.15) is 38.2 Å². The molecule has 0 aliphatic rings. The van der Waals surface area contributed by atoms with E-state index in [2.05, 4.69) is 36.3 Å². The number of nitrogens with zero attached hydrogens (tertiary/aromatic N) is 1. The third kappa shape index (κ3) is 5.64. The average molecular weight is 263 g/mol. The van der Waals surface area contributed by atoms with Crippen LogP contribution in [0, 0.1) is 0 Å². The molecule has 0 aliphatic heterocycles. The van der Waals surface area contributed by atoms with Gasteiger partial charge in [0.2, 0.25) is 0 Å². The molecule has 0 fully saturated rings. The lowest BCUT2D eigenvalue weighted by Gasteiger charge is -2.13. The molecule has 1 unspecified atom stereocenters. The Morgan fingerprint density at radius 1 is 1.37 bits per heavy atom. The normalized spacial score (nSPS) is 13.1. The highest BCUT2D eigenvalue weighted by atomic mass is 16.5. The third-order valence-corrected chi connectivity index (χ3v) is 3.07. The molecule has 0 bridgehead atoms. The summed E-state index contributed by atoms with van der Waals surface area (Å²) >= 11 is 0. The average Bonchev–Trinajstić information content (AvgIpc) is 2.45. The molecule has 3 N–H and O–H groups in total. The van der Waals surface area contributed by atoms with E-state index >= 15 is 0 Å². The van der Waals surface area contributed by atoms with Gasteiger partial charge in [0.05, 0.1) is 7.11 Å². The van der Waals surface area contributed by atoms with Crippen molar-refractivity contribution >= 4 is 5.96 Å². The number of benzene rings is 1. The molecule has 4 nitrogen and oxygen atoms in total. The van der Waals surface area contributed by atoms with Crippen molar-refractivity contribution in [2.24, 2.45) is 10.7 Å². The number of nitrogens with two attached hydrogens (primary N) is 1. The molecule has 0 aromatic heterocycles. The fraction of sp³-hybridized carbons (Fsp3) is 0.533. The van der Waals surface area contributed by atoms with Crippen LogP contribution in [0.15, 0.2) is 29.3 Å². The van der Waals surface area contributed by atoms with Gasteiger partial charge in [0.1, 0.15) is 5.75 Å². The van der Waals surface area contributed by atoms with Crippen LogP contribution >= 0.6 is 0 Å². The Kier molecular flexibility index (Phi) is 6.79. The van der Waals surface area contributed by atoms with Gasteiger partial charge in [-0.25, -0.2) is 0 Å². The van der Waals surface area contributed by atoms with E-state index in [1.807, 2.05) is 12.1 Å². The van der Waals surface area contributed by atoms with Gasteiger partial charge in [-0.2, -0.15) is 0 Å². The highest BCUT2D eigenvalue weighted by Gasteiger charge is 2.05. The molecule has 0 heterocycles. The zero-order valence-corrected chi connectivity index (χ0v) is 12.1. The first-order chi connectivity index (χ1) is 9.17. The Labute approximate surface area is 116 Å². The fourth-order valence-electron chi connectivity index (χ4n) is 1.80. The molecule has 1 rings (SSSR count). The van der Waals surface area contributed by atoms with Gasteiger partial charge in [0, 0.05) is 13.1 Å². The van der Waals surface area contributed by atoms with Crippen LogP contribution in [0.5, 0.6) is 5.75 Å². The van der Waals surface area contributed by atoms with Crippen LogP contribution in [0.3, 0.4) is 0 Å². The molecule has 0 saturated carbocycles. The lowest BCUT2D eigenvalue weighted by molar-refractivity contribution is 0.414. The van der Waals surface area contributed by atoms with Crippen molar-refractivity contribution in [3.63, 3.8) is 0 Å². The second-order valence-electron chi connectivity index (χ2n) is 4.66. The van der Waals surface area contributed by atoms with Crippen LogP contribution in [-0.2, 0) is 0 Å². The van der Waals surface area contributed by atoms with Gasteiger partial charge in [-0.05, 0) is 36.5 Å². The first-order valence-electron chi connectivity index (χ1n) is 6.85. The van der Waals surface area contributed by atoms with Crippen LogP contribution in [0.25, 0.3) is 0 Å². The number of nitrogens with one attached hydrogen (secondary N) is 1. The number of methoxy groups -OCH3 is 1. The quantitative estimate of drug-likeness (QED) is 0.587. The molecule has 1 aromatic carbocycles. The Morgan fingerprint density at radius 3 is 2.63 bits per heavy atom. The predicted octanol–water partition coefficient (Wildman–Crippen LogP) is 2.50. The predicted molar refractivity (Wildman–Crippen MR) is 80.8 cm³/mol. The number of rotatable bonds is 7. The monoisotopic (exact) mass is 263 g/mol. The standard InChI is InChI=1S/C15H25N3O/c1-4-10-17-15(16)18-11-9-12(2)13-5-7-14(19-3)8-6-13/h5-8,12H,4,9-11H2,1-3H3,(H3,16,17,18). The van der Waals surface area contributed by atoms with Crippen molar-refractivity contribution in [1.82, 2.24) is 5.32 Å². The van der Waals surface area contributed by atoms with Gasteiger partial charge in [0.25, 0.3) is 0 Å². The highest BCUT2D eigenvalue weighted by Crippen LogP contribution is 2.21. The molecule has 0 amide bonds. The summed E-state index contributed by atoms with van der Waals surface area (Å²) in [5.41, 5.74) is 7.06. The molecule has 0 radical (unpaired) electrons.